The fourth-order valence-corrected chi connectivity index (χ4v) is 3.57. The third-order valence-electron chi connectivity index (χ3n) is 4.86. The van der Waals surface area contributed by atoms with Crippen LogP contribution in [0.5, 0.6) is 0 Å². The van der Waals surface area contributed by atoms with Crippen molar-refractivity contribution < 1.29 is 17.1 Å². The Labute approximate surface area is 219 Å². The first-order valence-corrected chi connectivity index (χ1v) is 11.6. The first kappa shape index (κ1) is 28.7. The van der Waals surface area contributed by atoms with Crippen molar-refractivity contribution in [2.24, 2.45) is 20.4 Å². The fourth-order valence-electron chi connectivity index (χ4n) is 2.98. The summed E-state index contributed by atoms with van der Waals surface area (Å²) in [6.07, 6.45) is 0. The van der Waals surface area contributed by atoms with Gasteiger partial charge >= 0.3 is 17.1 Å². The first-order chi connectivity index (χ1) is 15.5. The molecule has 0 fully saturated rings. The molecule has 1 radical (unpaired) electrons. The molecule has 2 aromatic rings. The van der Waals surface area contributed by atoms with Crippen LogP contribution in [0, 0.1) is 0 Å². The molecule has 0 aliphatic rings. The number of nitrogens with zero attached hydrogens (tertiary/aromatic N) is 6. The van der Waals surface area contributed by atoms with Gasteiger partial charge in [-0.05, 0) is 27.7 Å². The van der Waals surface area contributed by atoms with Crippen LogP contribution in [-0.2, 0) is 42.3 Å². The molecule has 6 nitrogen and oxygen atoms in total. The minimum absolute atomic E-state index is 0. The Morgan fingerprint density at radius 2 is 0.879 bits per heavy atom. The fraction of sp³-hybridized carbons (Fsp3) is 0.333. The van der Waals surface area contributed by atoms with Crippen LogP contribution < -0.4 is 0 Å². The quantitative estimate of drug-likeness (QED) is 0.160. The van der Waals surface area contributed by atoms with E-state index in [2.05, 4.69) is 20.4 Å². The molecule has 0 aliphatic carbocycles. The molecule has 0 saturated heterocycles. The van der Waals surface area contributed by atoms with E-state index in [9.17, 15) is 0 Å². The maximum absolute atomic E-state index is 5.48. The third-order valence-corrected chi connectivity index (χ3v) is 5.54. The second kappa shape index (κ2) is 15.5. The topological polar surface area (TPSA) is 55.9 Å². The van der Waals surface area contributed by atoms with Gasteiger partial charge in [0.2, 0.25) is 0 Å². The number of amidine groups is 2. The zero-order valence-electron chi connectivity index (χ0n) is 19.4. The Kier molecular flexibility index (Phi) is 13.5. The van der Waals surface area contributed by atoms with E-state index in [0.717, 1.165) is 37.3 Å². The van der Waals surface area contributed by atoms with Crippen molar-refractivity contribution >= 4 is 47.0 Å². The van der Waals surface area contributed by atoms with E-state index in [1.54, 1.807) is 0 Å². The summed E-state index contributed by atoms with van der Waals surface area (Å²) in [5.74, 6) is 0. The minimum Gasteiger partial charge on any atom is -0.741 e. The maximum atomic E-state index is 5.48. The molecule has 0 unspecified atom stereocenters. The molecule has 2 aromatic carbocycles. The standard InChI is InChI=1S/C24H32N6S2.Cu/c1-5-29(6-2)23(31)27-25-21(19-15-11-9-12-16-19)22(20-17-13-10-14-18-20)26-28-24(32)30(7-3)8-4;/h9-18H,5-8H2,1-4H3,(H,27,31)(H,28,32);/q;+2/p-2/b25-21+,26-22+;. The van der Waals surface area contributed by atoms with Crippen molar-refractivity contribution in [3.63, 3.8) is 0 Å². The summed E-state index contributed by atoms with van der Waals surface area (Å²) in [6.45, 7) is 11.2. The molecule has 0 spiro atoms. The third kappa shape index (κ3) is 8.51. The SMILES string of the molecule is CCN(CC)/C([S-])=N/N=C(/C(=N/N=C(\[S-])N(CC)CC)c1ccccc1)c1ccccc1.[Cu+2]. The van der Waals surface area contributed by atoms with E-state index in [-0.39, 0.29) is 17.1 Å². The molecule has 33 heavy (non-hydrogen) atoms. The Morgan fingerprint density at radius 3 is 1.15 bits per heavy atom. The summed E-state index contributed by atoms with van der Waals surface area (Å²) < 4.78 is 0. The normalized spacial score (nSPS) is 12.8. The van der Waals surface area contributed by atoms with Gasteiger partial charge < -0.3 is 35.1 Å². The van der Waals surface area contributed by atoms with Gasteiger partial charge in [0, 0.05) is 47.6 Å². The summed E-state index contributed by atoms with van der Waals surface area (Å²) >= 11 is 11.0. The average molecular weight is 530 g/mol. The molecule has 0 saturated carbocycles. The van der Waals surface area contributed by atoms with Gasteiger partial charge in [-0.1, -0.05) is 60.7 Å². The molecule has 0 amide bonds. The van der Waals surface area contributed by atoms with Crippen LogP contribution in [0.2, 0.25) is 0 Å². The van der Waals surface area contributed by atoms with Gasteiger partial charge in [0.25, 0.3) is 0 Å². The number of hydrogen-bond donors (Lipinski definition) is 0. The second-order valence-corrected chi connectivity index (χ2v) is 7.47. The van der Waals surface area contributed by atoms with E-state index < -0.39 is 0 Å². The van der Waals surface area contributed by atoms with Gasteiger partial charge in [0.15, 0.2) is 0 Å². The molecule has 0 aliphatic heterocycles. The predicted octanol–water partition coefficient (Wildman–Crippen LogP) is 4.28. The van der Waals surface area contributed by atoms with Crippen LogP contribution >= 0.6 is 0 Å². The molecule has 179 valence electrons. The number of rotatable bonds is 9. The van der Waals surface area contributed by atoms with Gasteiger partial charge in [-0.2, -0.15) is 10.2 Å². The molecule has 0 atom stereocenters. The average Bonchev–Trinajstić information content (AvgIpc) is 2.83. The van der Waals surface area contributed by atoms with E-state index in [4.69, 9.17) is 25.3 Å². The van der Waals surface area contributed by atoms with Crippen LogP contribution in [0.3, 0.4) is 0 Å². The summed E-state index contributed by atoms with van der Waals surface area (Å²) in [4.78, 5) is 3.95. The Balaban J connectivity index is 0.00000544. The van der Waals surface area contributed by atoms with Crippen LogP contribution in [0.1, 0.15) is 38.8 Å². The monoisotopic (exact) mass is 529 g/mol. The Hall–Kier alpha value is -2.32. The predicted molar refractivity (Wildman–Crippen MR) is 141 cm³/mol. The van der Waals surface area contributed by atoms with E-state index in [0.29, 0.717) is 21.8 Å². The van der Waals surface area contributed by atoms with Crippen LogP contribution in [0.25, 0.3) is 0 Å². The summed E-state index contributed by atoms with van der Waals surface area (Å²) in [7, 11) is 0. The summed E-state index contributed by atoms with van der Waals surface area (Å²) in [5.41, 5.74) is 2.89. The van der Waals surface area contributed by atoms with Gasteiger partial charge in [-0.15, -0.1) is 10.2 Å². The molecule has 0 aromatic heterocycles. The van der Waals surface area contributed by atoms with Crippen molar-refractivity contribution in [2.45, 2.75) is 27.7 Å². The van der Waals surface area contributed by atoms with Crippen LogP contribution in [0.4, 0.5) is 0 Å². The molecule has 0 bridgehead atoms. The zero-order valence-corrected chi connectivity index (χ0v) is 22.0. The minimum atomic E-state index is 0. The van der Waals surface area contributed by atoms with E-state index in [1.165, 1.54) is 0 Å². The molecule has 0 heterocycles. The van der Waals surface area contributed by atoms with Crippen LogP contribution in [0.15, 0.2) is 81.1 Å². The van der Waals surface area contributed by atoms with Gasteiger partial charge in [0.05, 0.1) is 0 Å². The molecular formula is C24H30CuN6S2. The Morgan fingerprint density at radius 1 is 0.576 bits per heavy atom. The summed E-state index contributed by atoms with van der Waals surface area (Å²) in [5, 5.41) is 18.7. The van der Waals surface area contributed by atoms with Crippen LogP contribution in [-0.4, -0.2) is 57.7 Å². The first-order valence-electron chi connectivity index (χ1n) is 10.8. The number of benzene rings is 2. The molecule has 9 heteroatoms. The smallest absolute Gasteiger partial charge is 0.741 e. The van der Waals surface area contributed by atoms with Crippen molar-refractivity contribution in [3.05, 3.63) is 71.8 Å². The van der Waals surface area contributed by atoms with Crippen molar-refractivity contribution in [2.75, 3.05) is 26.2 Å². The Bertz CT molecular complexity index is 874. The van der Waals surface area contributed by atoms with Gasteiger partial charge in [0.1, 0.15) is 11.4 Å². The van der Waals surface area contributed by atoms with Gasteiger partial charge in [-0.3, -0.25) is 0 Å². The second-order valence-electron chi connectivity index (χ2n) is 6.74. The van der Waals surface area contributed by atoms with Crippen molar-refractivity contribution in [1.82, 2.24) is 9.80 Å². The zero-order chi connectivity index (χ0) is 23.3. The van der Waals surface area contributed by atoms with Gasteiger partial charge in [-0.25, -0.2) is 0 Å². The van der Waals surface area contributed by atoms with Crippen molar-refractivity contribution in [1.29, 1.82) is 0 Å². The van der Waals surface area contributed by atoms with E-state index >= 15 is 0 Å². The number of hydrogen-bond acceptors (Lipinski definition) is 6. The van der Waals surface area contributed by atoms with E-state index in [1.807, 2.05) is 98.2 Å². The molecule has 2 rings (SSSR count). The molecular weight excluding hydrogens is 500 g/mol. The van der Waals surface area contributed by atoms with Crippen molar-refractivity contribution in [3.8, 4) is 0 Å². The largest absolute Gasteiger partial charge is 2.00 e. The summed E-state index contributed by atoms with van der Waals surface area (Å²) in [6, 6.07) is 19.6. The molecule has 0 N–H and O–H groups in total. The maximum Gasteiger partial charge on any atom is 2.00 e.